The molecule has 0 spiro atoms. The molecule has 1 amide bonds. The zero-order chi connectivity index (χ0) is 17.7. The predicted molar refractivity (Wildman–Crippen MR) is 93.8 cm³/mol. The zero-order valence-corrected chi connectivity index (χ0v) is 16.1. The first-order valence-electron chi connectivity index (χ1n) is 7.29. The fourth-order valence-corrected chi connectivity index (χ4v) is 4.53. The molecule has 0 bridgehead atoms. The van der Waals surface area contributed by atoms with Crippen LogP contribution in [0.1, 0.15) is 25.0 Å². The molecule has 2 unspecified atom stereocenters. The Morgan fingerprint density at radius 3 is 2.09 bits per heavy atom. The molecule has 0 aromatic heterocycles. The van der Waals surface area contributed by atoms with Crippen molar-refractivity contribution in [1.82, 2.24) is 0 Å². The molecular weight excluding hydrogens is 336 g/mol. The van der Waals surface area contributed by atoms with Gasteiger partial charge in [-0.3, -0.25) is 13.9 Å². The van der Waals surface area contributed by atoms with E-state index in [0.717, 1.165) is 11.1 Å². The maximum absolute atomic E-state index is 12.5. The van der Waals surface area contributed by atoms with Crippen LogP contribution in [-0.2, 0) is 35.3 Å². The van der Waals surface area contributed by atoms with Crippen molar-refractivity contribution < 1.29 is 23.0 Å². The topological polar surface area (TPSA) is 81.7 Å². The fourth-order valence-electron chi connectivity index (χ4n) is 2.20. The Morgan fingerprint density at radius 1 is 1.09 bits per heavy atom. The maximum Gasteiger partial charge on any atom is 0.221 e. The van der Waals surface area contributed by atoms with E-state index in [1.54, 1.807) is 18.8 Å². The van der Waals surface area contributed by atoms with E-state index in [1.165, 1.54) is 21.1 Å². The molecule has 0 saturated carbocycles. The van der Waals surface area contributed by atoms with Gasteiger partial charge in [-0.25, -0.2) is 0 Å². The smallest absolute Gasteiger partial charge is 0.221 e. The van der Waals surface area contributed by atoms with Gasteiger partial charge in [0, 0.05) is 52.0 Å². The molecule has 23 heavy (non-hydrogen) atoms. The average molecular weight is 361 g/mol. The van der Waals surface area contributed by atoms with Crippen molar-refractivity contribution in [2.75, 3.05) is 32.4 Å². The first-order chi connectivity index (χ1) is 10.6. The van der Waals surface area contributed by atoms with Gasteiger partial charge < -0.3 is 14.4 Å². The van der Waals surface area contributed by atoms with Crippen LogP contribution >= 0.6 is 14.7 Å². The number of nitrogens with one attached hydrogen (secondary N) is 1. The van der Waals surface area contributed by atoms with Gasteiger partial charge in [0.15, 0.2) is 0 Å². The van der Waals surface area contributed by atoms with Crippen LogP contribution < -0.4 is 5.32 Å². The van der Waals surface area contributed by atoms with E-state index in [1.807, 2.05) is 13.0 Å². The zero-order valence-electron chi connectivity index (χ0n) is 14.3. The molecule has 0 heterocycles. The highest BCUT2D eigenvalue weighted by molar-refractivity contribution is 7.58. The number of amides is 1. The van der Waals surface area contributed by atoms with Crippen LogP contribution in [0.5, 0.6) is 0 Å². The number of carbonyl (C=O) groups is 1. The van der Waals surface area contributed by atoms with Gasteiger partial charge in [0.2, 0.25) is 20.6 Å². The van der Waals surface area contributed by atoms with E-state index in [-0.39, 0.29) is 18.2 Å². The summed E-state index contributed by atoms with van der Waals surface area (Å²) in [6.07, 6.45) is 0.933. The van der Waals surface area contributed by atoms with E-state index in [9.17, 15) is 13.9 Å². The number of rotatable bonds is 8. The van der Waals surface area contributed by atoms with E-state index >= 15 is 0 Å². The summed E-state index contributed by atoms with van der Waals surface area (Å²) in [7, 11) is -2.64. The quantitative estimate of drug-likeness (QED) is 0.704. The summed E-state index contributed by atoms with van der Waals surface area (Å²) in [5.74, 6) is -0.204. The normalized spacial score (nSPS) is 16.4. The summed E-state index contributed by atoms with van der Waals surface area (Å²) in [6.45, 7) is 4.79. The Balaban J connectivity index is 3.21. The van der Waals surface area contributed by atoms with Gasteiger partial charge in [0.05, 0.1) is 0 Å². The van der Waals surface area contributed by atoms with Gasteiger partial charge >= 0.3 is 0 Å². The standard InChI is InChI=1S/C15H25NO5P2/c1-6-23(19,21-4)11-14-7-13(10-22(5,18)20-3)8-15(9-14)16-12(2)17/h7-9H,6,10-11H2,1-5H3,(H,16,17). The van der Waals surface area contributed by atoms with Crippen molar-refractivity contribution in [2.24, 2.45) is 0 Å². The lowest BCUT2D eigenvalue weighted by Crippen LogP contribution is -2.07. The lowest BCUT2D eigenvalue weighted by Gasteiger charge is -2.17. The molecule has 1 rings (SSSR count). The Bertz CT molecular complexity index is 651. The summed E-state index contributed by atoms with van der Waals surface area (Å²) < 4.78 is 34.9. The SMILES string of the molecule is CCP(=O)(Cc1cc(CP(C)(=O)OC)cc(NC(C)=O)c1)OC. The molecule has 6 nitrogen and oxygen atoms in total. The Morgan fingerprint density at radius 2 is 1.65 bits per heavy atom. The lowest BCUT2D eigenvalue weighted by molar-refractivity contribution is -0.114. The van der Waals surface area contributed by atoms with E-state index in [2.05, 4.69) is 5.32 Å². The fraction of sp³-hybridized carbons (Fsp3) is 0.533. The van der Waals surface area contributed by atoms with Crippen molar-refractivity contribution in [3.63, 3.8) is 0 Å². The highest BCUT2D eigenvalue weighted by atomic mass is 31.2. The van der Waals surface area contributed by atoms with Crippen molar-refractivity contribution in [3.8, 4) is 0 Å². The molecule has 8 heteroatoms. The third-order valence-corrected chi connectivity index (χ3v) is 7.65. The van der Waals surface area contributed by atoms with Crippen LogP contribution in [0.2, 0.25) is 0 Å². The molecule has 1 aromatic rings. The Kier molecular flexibility index (Phi) is 7.22. The minimum atomic E-state index is -2.75. The van der Waals surface area contributed by atoms with Crippen molar-refractivity contribution in [3.05, 3.63) is 29.3 Å². The van der Waals surface area contributed by atoms with Gasteiger partial charge in [0.1, 0.15) is 0 Å². The molecule has 2 atom stereocenters. The summed E-state index contributed by atoms with van der Waals surface area (Å²) in [6, 6.07) is 5.35. The minimum Gasteiger partial charge on any atom is -0.332 e. The molecule has 0 aliphatic carbocycles. The second kappa shape index (κ2) is 8.25. The van der Waals surface area contributed by atoms with Crippen LogP contribution in [0, 0.1) is 0 Å². The highest BCUT2D eigenvalue weighted by Crippen LogP contribution is 2.50. The second-order valence-corrected chi connectivity index (χ2v) is 11.2. The predicted octanol–water partition coefficient (Wildman–Crippen LogP) is 4.14. The molecule has 0 radical (unpaired) electrons. The summed E-state index contributed by atoms with van der Waals surface area (Å²) in [5.41, 5.74) is 2.12. The number of hydrogen-bond donors (Lipinski definition) is 1. The largest absolute Gasteiger partial charge is 0.332 e. The number of carbonyl (C=O) groups excluding carboxylic acids is 1. The molecule has 0 saturated heterocycles. The summed E-state index contributed by atoms with van der Waals surface area (Å²) in [4.78, 5) is 11.3. The molecule has 0 aliphatic rings. The summed E-state index contributed by atoms with van der Waals surface area (Å²) in [5, 5.41) is 2.71. The average Bonchev–Trinajstić information content (AvgIpc) is 2.45. The summed E-state index contributed by atoms with van der Waals surface area (Å²) >= 11 is 0. The van der Waals surface area contributed by atoms with Crippen LogP contribution in [-0.4, -0.2) is 33.0 Å². The monoisotopic (exact) mass is 361 g/mol. The Hall–Kier alpha value is -0.930. The van der Waals surface area contributed by atoms with E-state index in [4.69, 9.17) is 9.05 Å². The molecule has 1 N–H and O–H groups in total. The van der Waals surface area contributed by atoms with Crippen LogP contribution in [0.4, 0.5) is 5.69 Å². The van der Waals surface area contributed by atoms with Gasteiger partial charge in [-0.05, 0) is 23.3 Å². The third-order valence-electron chi connectivity index (χ3n) is 3.47. The molecule has 1 aromatic carbocycles. The molecular formula is C15H25NO5P2. The minimum absolute atomic E-state index is 0.204. The van der Waals surface area contributed by atoms with Crippen LogP contribution in [0.25, 0.3) is 0 Å². The van der Waals surface area contributed by atoms with Gasteiger partial charge in [0.25, 0.3) is 0 Å². The van der Waals surface area contributed by atoms with Crippen molar-refractivity contribution >= 4 is 26.3 Å². The highest BCUT2D eigenvalue weighted by Gasteiger charge is 2.21. The Labute approximate surface area is 137 Å². The van der Waals surface area contributed by atoms with Gasteiger partial charge in [-0.15, -0.1) is 0 Å². The number of anilines is 1. The number of hydrogen-bond acceptors (Lipinski definition) is 5. The molecule has 0 fully saturated rings. The van der Waals surface area contributed by atoms with Crippen LogP contribution in [0.3, 0.4) is 0 Å². The lowest BCUT2D eigenvalue weighted by atomic mass is 10.1. The van der Waals surface area contributed by atoms with Gasteiger partial charge in [-0.2, -0.15) is 0 Å². The van der Waals surface area contributed by atoms with Crippen molar-refractivity contribution in [2.45, 2.75) is 26.2 Å². The second-order valence-electron chi connectivity index (χ2n) is 5.55. The van der Waals surface area contributed by atoms with Gasteiger partial charge in [-0.1, -0.05) is 13.0 Å². The molecule has 130 valence electrons. The van der Waals surface area contributed by atoms with E-state index < -0.39 is 14.7 Å². The molecule has 0 aliphatic heterocycles. The van der Waals surface area contributed by atoms with Crippen molar-refractivity contribution in [1.29, 1.82) is 0 Å². The van der Waals surface area contributed by atoms with E-state index in [0.29, 0.717) is 11.8 Å². The van der Waals surface area contributed by atoms with Crippen LogP contribution in [0.15, 0.2) is 18.2 Å². The first-order valence-corrected chi connectivity index (χ1v) is 11.5. The first kappa shape index (κ1) is 20.1. The number of benzene rings is 1. The maximum atomic E-state index is 12.5. The third kappa shape index (κ3) is 6.60.